The first-order valence-electron chi connectivity index (χ1n) is 10.5. The Hall–Kier alpha value is -3.36. The van der Waals surface area contributed by atoms with Crippen molar-refractivity contribution >= 4 is 28.1 Å². The number of ether oxygens (including phenoxy) is 4. The molecule has 7 nitrogen and oxygen atoms in total. The lowest BCUT2D eigenvalue weighted by molar-refractivity contribution is 0.0479. The van der Waals surface area contributed by atoms with Gasteiger partial charge in [-0.15, -0.1) is 11.3 Å². The van der Waals surface area contributed by atoms with Crippen LogP contribution in [0.4, 0.5) is 5.00 Å². The second-order valence-corrected chi connectivity index (χ2v) is 8.39. The molecule has 0 spiro atoms. The third-order valence-corrected chi connectivity index (χ3v) is 6.51. The zero-order chi connectivity index (χ0) is 23.2. The van der Waals surface area contributed by atoms with E-state index in [4.69, 9.17) is 18.9 Å². The number of nitrogens with zero attached hydrogens (tertiary/aromatic N) is 1. The molecule has 0 bridgehead atoms. The van der Waals surface area contributed by atoms with E-state index in [9.17, 15) is 9.59 Å². The lowest BCUT2D eigenvalue weighted by Crippen LogP contribution is -2.35. The Labute approximate surface area is 196 Å². The number of benzene rings is 2. The second kappa shape index (κ2) is 10.5. The Morgan fingerprint density at radius 2 is 1.70 bits per heavy atom. The van der Waals surface area contributed by atoms with Gasteiger partial charge in [-0.25, -0.2) is 4.79 Å². The standard InChI is InChI=1S/C25H25NO6S/c1-29-21-9-8-18(14-22(21)30-2)20(27)16-32-25(28)23-15-19(17-6-4-3-5-7-17)24(33-23)26-10-12-31-13-11-26/h3-9,14-15H,10-13,16H2,1-2H3. The van der Waals surface area contributed by atoms with E-state index in [0.717, 1.165) is 29.2 Å². The number of anilines is 1. The first kappa shape index (κ1) is 22.8. The highest BCUT2D eigenvalue weighted by molar-refractivity contribution is 7.18. The van der Waals surface area contributed by atoms with Crippen LogP contribution in [0.1, 0.15) is 20.0 Å². The molecule has 0 saturated carbocycles. The first-order chi connectivity index (χ1) is 16.1. The Kier molecular flexibility index (Phi) is 7.26. The molecule has 1 aliphatic heterocycles. The molecule has 0 aliphatic carbocycles. The maximum atomic E-state index is 12.8. The minimum Gasteiger partial charge on any atom is -0.493 e. The minimum atomic E-state index is -0.523. The number of hydrogen-bond donors (Lipinski definition) is 0. The summed E-state index contributed by atoms with van der Waals surface area (Å²) in [5, 5.41) is 1.00. The van der Waals surface area contributed by atoms with Crippen molar-refractivity contribution in [1.82, 2.24) is 0 Å². The number of thiophene rings is 1. The normalized spacial score (nSPS) is 13.5. The quantitative estimate of drug-likeness (QED) is 0.361. The molecule has 3 aromatic rings. The number of esters is 1. The van der Waals surface area contributed by atoms with Crippen LogP contribution in [-0.4, -0.2) is 58.9 Å². The molecule has 1 aromatic heterocycles. The average molecular weight is 468 g/mol. The summed E-state index contributed by atoms with van der Waals surface area (Å²) in [6.45, 7) is 2.44. The molecule has 0 N–H and O–H groups in total. The monoisotopic (exact) mass is 467 g/mol. The Morgan fingerprint density at radius 1 is 0.970 bits per heavy atom. The van der Waals surface area contributed by atoms with Gasteiger partial charge < -0.3 is 23.8 Å². The Morgan fingerprint density at radius 3 is 2.39 bits per heavy atom. The summed E-state index contributed by atoms with van der Waals surface area (Å²) < 4.78 is 21.3. The van der Waals surface area contributed by atoms with Gasteiger partial charge in [-0.05, 0) is 29.8 Å². The number of hydrogen-bond acceptors (Lipinski definition) is 8. The van der Waals surface area contributed by atoms with Gasteiger partial charge in [0.25, 0.3) is 0 Å². The van der Waals surface area contributed by atoms with E-state index < -0.39 is 5.97 Å². The number of rotatable bonds is 8. The van der Waals surface area contributed by atoms with Crippen molar-refractivity contribution in [3.05, 3.63) is 65.0 Å². The number of morpholine rings is 1. The highest BCUT2D eigenvalue weighted by Gasteiger charge is 2.23. The highest BCUT2D eigenvalue weighted by Crippen LogP contribution is 2.39. The second-order valence-electron chi connectivity index (χ2n) is 7.36. The zero-order valence-electron chi connectivity index (χ0n) is 18.5. The molecule has 1 fully saturated rings. The third kappa shape index (κ3) is 5.18. The van der Waals surface area contributed by atoms with Crippen LogP contribution in [0.2, 0.25) is 0 Å². The molecule has 0 unspecified atom stereocenters. The topological polar surface area (TPSA) is 74.3 Å². The summed E-state index contributed by atoms with van der Waals surface area (Å²) >= 11 is 1.38. The van der Waals surface area contributed by atoms with Crippen molar-refractivity contribution in [3.8, 4) is 22.6 Å². The number of Topliss-reactive ketones (excluding diaryl/α,β-unsaturated/α-hetero) is 1. The van der Waals surface area contributed by atoms with Gasteiger partial charge in [-0.3, -0.25) is 4.79 Å². The van der Waals surface area contributed by atoms with E-state index in [1.165, 1.54) is 25.6 Å². The van der Waals surface area contributed by atoms with Gasteiger partial charge >= 0.3 is 5.97 Å². The minimum absolute atomic E-state index is 0.322. The summed E-state index contributed by atoms with van der Waals surface area (Å²) in [6, 6.07) is 16.6. The van der Waals surface area contributed by atoms with E-state index in [1.54, 1.807) is 18.2 Å². The average Bonchev–Trinajstić information content (AvgIpc) is 3.33. The van der Waals surface area contributed by atoms with E-state index in [1.807, 2.05) is 36.4 Å². The molecule has 0 amide bonds. The largest absolute Gasteiger partial charge is 0.493 e. The molecule has 172 valence electrons. The van der Waals surface area contributed by atoms with Crippen LogP contribution in [0.15, 0.2) is 54.6 Å². The van der Waals surface area contributed by atoms with Crippen LogP contribution in [-0.2, 0) is 9.47 Å². The van der Waals surface area contributed by atoms with Crippen molar-refractivity contribution in [1.29, 1.82) is 0 Å². The SMILES string of the molecule is COc1ccc(C(=O)COC(=O)c2cc(-c3ccccc3)c(N3CCOCC3)s2)cc1OC. The van der Waals surface area contributed by atoms with E-state index in [0.29, 0.717) is 35.2 Å². The van der Waals surface area contributed by atoms with E-state index in [-0.39, 0.29) is 12.4 Å². The molecule has 0 atom stereocenters. The fourth-order valence-electron chi connectivity index (χ4n) is 3.60. The number of carbonyl (C=O) groups excluding carboxylic acids is 2. The maximum absolute atomic E-state index is 12.8. The molecule has 33 heavy (non-hydrogen) atoms. The highest BCUT2D eigenvalue weighted by atomic mass is 32.1. The number of methoxy groups -OCH3 is 2. The first-order valence-corrected chi connectivity index (χ1v) is 11.4. The van der Waals surface area contributed by atoms with Crippen LogP contribution < -0.4 is 14.4 Å². The summed E-state index contributed by atoms with van der Waals surface area (Å²) in [5.74, 6) is 0.118. The van der Waals surface area contributed by atoms with Crippen molar-refractivity contribution in [2.75, 3.05) is 52.0 Å². The molecule has 2 aromatic carbocycles. The number of ketones is 1. The zero-order valence-corrected chi connectivity index (χ0v) is 19.4. The predicted octanol–water partition coefficient (Wildman–Crippen LogP) is 4.31. The van der Waals surface area contributed by atoms with Gasteiger partial charge in [-0.2, -0.15) is 0 Å². The summed E-state index contributed by atoms with van der Waals surface area (Å²) in [7, 11) is 3.02. The van der Waals surface area contributed by atoms with Gasteiger partial charge in [0.2, 0.25) is 0 Å². The summed E-state index contributed by atoms with van der Waals surface area (Å²) in [6.07, 6.45) is 0. The molecule has 0 radical (unpaired) electrons. The van der Waals surface area contributed by atoms with Gasteiger partial charge in [0, 0.05) is 24.2 Å². The lowest BCUT2D eigenvalue weighted by Gasteiger charge is -2.28. The van der Waals surface area contributed by atoms with Gasteiger partial charge in [0.15, 0.2) is 23.9 Å². The Balaban J connectivity index is 1.51. The molecule has 1 saturated heterocycles. The maximum Gasteiger partial charge on any atom is 0.348 e. The van der Waals surface area contributed by atoms with Crippen LogP contribution in [0.5, 0.6) is 11.5 Å². The van der Waals surface area contributed by atoms with Crippen molar-refractivity contribution in [2.24, 2.45) is 0 Å². The van der Waals surface area contributed by atoms with E-state index >= 15 is 0 Å². The molecular formula is C25H25NO6S. The molecular weight excluding hydrogens is 442 g/mol. The summed E-state index contributed by atoms with van der Waals surface area (Å²) in [5.41, 5.74) is 2.38. The van der Waals surface area contributed by atoms with Gasteiger partial charge in [-0.1, -0.05) is 30.3 Å². The fraction of sp³-hybridized carbons (Fsp3) is 0.280. The summed E-state index contributed by atoms with van der Waals surface area (Å²) in [4.78, 5) is 28.1. The Bertz CT molecular complexity index is 1120. The molecule has 2 heterocycles. The molecule has 1 aliphatic rings. The van der Waals surface area contributed by atoms with Crippen LogP contribution in [0.3, 0.4) is 0 Å². The lowest BCUT2D eigenvalue weighted by atomic mass is 10.1. The van der Waals surface area contributed by atoms with Gasteiger partial charge in [0.05, 0.1) is 32.4 Å². The third-order valence-electron chi connectivity index (χ3n) is 5.34. The smallest absolute Gasteiger partial charge is 0.348 e. The number of carbonyl (C=O) groups is 2. The van der Waals surface area contributed by atoms with Crippen LogP contribution in [0, 0.1) is 0 Å². The molecule has 8 heteroatoms. The fourth-order valence-corrected chi connectivity index (χ4v) is 4.73. The molecule has 4 rings (SSSR count). The van der Waals surface area contributed by atoms with Crippen molar-refractivity contribution < 1.29 is 28.5 Å². The predicted molar refractivity (Wildman–Crippen MR) is 127 cm³/mol. The van der Waals surface area contributed by atoms with Crippen molar-refractivity contribution in [3.63, 3.8) is 0 Å². The van der Waals surface area contributed by atoms with Crippen LogP contribution >= 0.6 is 11.3 Å². The van der Waals surface area contributed by atoms with Crippen LogP contribution in [0.25, 0.3) is 11.1 Å². The van der Waals surface area contributed by atoms with E-state index in [2.05, 4.69) is 4.90 Å². The van der Waals surface area contributed by atoms with Gasteiger partial charge in [0.1, 0.15) is 4.88 Å². The van der Waals surface area contributed by atoms with Crippen molar-refractivity contribution in [2.45, 2.75) is 0 Å².